The number of furan rings is 1. The molecule has 1 amide bonds. The van der Waals surface area contributed by atoms with Crippen LogP contribution in [0.3, 0.4) is 0 Å². The van der Waals surface area contributed by atoms with Gasteiger partial charge < -0.3 is 9.73 Å². The first-order valence-electron chi connectivity index (χ1n) is 10.5. The van der Waals surface area contributed by atoms with Crippen LogP contribution in [0.15, 0.2) is 107 Å². The lowest BCUT2D eigenvalue weighted by Crippen LogP contribution is -2.25. The number of hydrogen-bond donors (Lipinski definition) is 2. The summed E-state index contributed by atoms with van der Waals surface area (Å²) in [5.41, 5.74) is 6.47. The summed E-state index contributed by atoms with van der Waals surface area (Å²) in [5, 5.41) is 12.9. The maximum absolute atomic E-state index is 12.2. The number of amides is 1. The second kappa shape index (κ2) is 9.23. The van der Waals surface area contributed by atoms with E-state index in [-0.39, 0.29) is 12.5 Å². The third kappa shape index (κ3) is 4.67. The molecule has 3 aromatic carbocycles. The number of benzene rings is 3. The molecule has 0 radical (unpaired) electrons. The second-order valence-corrected chi connectivity index (χ2v) is 7.37. The molecule has 7 heteroatoms. The minimum Gasteiger partial charge on any atom is -0.454 e. The van der Waals surface area contributed by atoms with Gasteiger partial charge >= 0.3 is 0 Å². The molecule has 0 fully saturated rings. The lowest BCUT2D eigenvalue weighted by molar-refractivity contribution is -0.119. The van der Waals surface area contributed by atoms with Gasteiger partial charge in [0.05, 0.1) is 18.4 Å². The van der Waals surface area contributed by atoms with E-state index in [0.29, 0.717) is 17.0 Å². The normalized spacial score (nSPS) is 11.2. The Morgan fingerprint density at radius 2 is 1.70 bits per heavy atom. The molecule has 0 atom stereocenters. The number of nitrogens with zero attached hydrogens (tertiary/aromatic N) is 3. The lowest BCUT2D eigenvalue weighted by Gasteiger charge is -2.04. The first-order valence-corrected chi connectivity index (χ1v) is 10.5. The van der Waals surface area contributed by atoms with E-state index in [1.54, 1.807) is 10.9 Å². The molecule has 0 aliphatic rings. The van der Waals surface area contributed by atoms with Crippen molar-refractivity contribution in [3.05, 3.63) is 103 Å². The highest BCUT2D eigenvalue weighted by Gasteiger charge is 2.15. The Balaban J connectivity index is 1.38. The van der Waals surface area contributed by atoms with Gasteiger partial charge in [0.2, 0.25) is 0 Å². The van der Waals surface area contributed by atoms with Gasteiger partial charge in [0.15, 0.2) is 5.76 Å². The number of carbonyl (C=O) groups excluding carboxylic acids is 1. The summed E-state index contributed by atoms with van der Waals surface area (Å²) in [4.78, 5) is 12.2. The average molecular weight is 435 g/mol. The Hall–Kier alpha value is -4.65. The summed E-state index contributed by atoms with van der Waals surface area (Å²) < 4.78 is 7.79. The van der Waals surface area contributed by atoms with Crippen molar-refractivity contribution in [3.63, 3.8) is 0 Å². The number of nitrogens with one attached hydrogen (secondary N) is 2. The van der Waals surface area contributed by atoms with Gasteiger partial charge in [-0.2, -0.15) is 10.2 Å². The van der Waals surface area contributed by atoms with Crippen LogP contribution in [0.25, 0.3) is 28.1 Å². The number of hydrogen-bond acceptors (Lipinski definition) is 5. The molecule has 0 spiro atoms. The van der Waals surface area contributed by atoms with Crippen molar-refractivity contribution in [2.75, 3.05) is 11.9 Å². The van der Waals surface area contributed by atoms with E-state index < -0.39 is 0 Å². The van der Waals surface area contributed by atoms with E-state index in [2.05, 4.69) is 15.8 Å². The van der Waals surface area contributed by atoms with E-state index in [4.69, 9.17) is 9.52 Å². The molecular formula is C26H21N5O2. The summed E-state index contributed by atoms with van der Waals surface area (Å²) >= 11 is 0. The summed E-state index contributed by atoms with van der Waals surface area (Å²) in [7, 11) is 0. The highest BCUT2D eigenvalue weighted by Crippen LogP contribution is 2.29. The number of anilines is 1. The van der Waals surface area contributed by atoms with Crippen LogP contribution in [0.5, 0.6) is 0 Å². The average Bonchev–Trinajstić information content (AvgIpc) is 3.48. The third-order valence-corrected chi connectivity index (χ3v) is 5.04. The zero-order valence-electron chi connectivity index (χ0n) is 17.7. The number of carbonyl (C=O) groups is 1. The van der Waals surface area contributed by atoms with Crippen molar-refractivity contribution in [1.82, 2.24) is 15.2 Å². The van der Waals surface area contributed by atoms with Crippen LogP contribution in [0.4, 0.5) is 5.69 Å². The first-order chi connectivity index (χ1) is 16.3. The quantitative estimate of drug-likeness (QED) is 0.283. The van der Waals surface area contributed by atoms with Gasteiger partial charge in [0.1, 0.15) is 11.3 Å². The maximum Gasteiger partial charge on any atom is 0.259 e. The fourth-order valence-electron chi connectivity index (χ4n) is 3.44. The fraction of sp³-hybridized carbons (Fsp3) is 0.0385. The summed E-state index contributed by atoms with van der Waals surface area (Å²) in [6.07, 6.45) is 3.44. The summed E-state index contributed by atoms with van der Waals surface area (Å²) in [6.45, 7) is 0.112. The molecule has 2 heterocycles. The van der Waals surface area contributed by atoms with Crippen molar-refractivity contribution in [1.29, 1.82) is 0 Å². The fourth-order valence-corrected chi connectivity index (χ4v) is 3.44. The first kappa shape index (κ1) is 20.3. The van der Waals surface area contributed by atoms with Crippen LogP contribution in [0, 0.1) is 0 Å². The number of aromatic nitrogens is 2. The molecule has 0 bridgehead atoms. The van der Waals surface area contributed by atoms with Crippen LogP contribution < -0.4 is 10.7 Å². The van der Waals surface area contributed by atoms with Crippen LogP contribution in [-0.2, 0) is 4.79 Å². The monoisotopic (exact) mass is 435 g/mol. The topological polar surface area (TPSA) is 84.5 Å². The molecule has 0 saturated carbocycles. The van der Waals surface area contributed by atoms with Crippen LogP contribution in [-0.4, -0.2) is 28.4 Å². The largest absolute Gasteiger partial charge is 0.454 e. The van der Waals surface area contributed by atoms with Crippen molar-refractivity contribution < 1.29 is 9.21 Å². The zero-order chi connectivity index (χ0) is 22.5. The van der Waals surface area contributed by atoms with Gasteiger partial charge in [0.25, 0.3) is 5.91 Å². The van der Waals surface area contributed by atoms with Crippen molar-refractivity contribution >= 4 is 28.8 Å². The minimum absolute atomic E-state index is 0.112. The summed E-state index contributed by atoms with van der Waals surface area (Å²) in [5.74, 6) is 0.375. The molecule has 162 valence electrons. The van der Waals surface area contributed by atoms with Gasteiger partial charge in [-0.05, 0) is 36.4 Å². The van der Waals surface area contributed by atoms with Crippen LogP contribution in [0.2, 0.25) is 0 Å². The predicted molar refractivity (Wildman–Crippen MR) is 129 cm³/mol. The van der Waals surface area contributed by atoms with Gasteiger partial charge in [-0.15, -0.1) is 0 Å². The van der Waals surface area contributed by atoms with Crippen molar-refractivity contribution in [2.45, 2.75) is 0 Å². The Bertz CT molecular complexity index is 1370. The Labute approximate surface area is 190 Å². The Morgan fingerprint density at radius 3 is 2.48 bits per heavy atom. The molecule has 2 N–H and O–H groups in total. The van der Waals surface area contributed by atoms with Crippen molar-refractivity contribution in [2.24, 2.45) is 5.10 Å². The molecule has 0 saturated heterocycles. The van der Waals surface area contributed by atoms with E-state index in [9.17, 15) is 4.79 Å². The van der Waals surface area contributed by atoms with Gasteiger partial charge in [-0.1, -0.05) is 54.6 Å². The lowest BCUT2D eigenvalue weighted by atomic mass is 10.2. The molecule has 7 nitrogen and oxygen atoms in total. The van der Waals surface area contributed by atoms with E-state index >= 15 is 0 Å². The van der Waals surface area contributed by atoms with Gasteiger partial charge in [-0.3, -0.25) is 4.79 Å². The standard InChI is InChI=1S/C26H21N5O2/c32-25(17-27-21-10-3-1-4-11-21)29-28-16-20-18-31(22-12-5-2-6-13-22)30-26(20)24-15-19-9-7-8-14-23(19)33-24/h1-16,18,27H,17H2,(H,29,32)/b28-16+. The van der Waals surface area contributed by atoms with Gasteiger partial charge in [-0.25, -0.2) is 10.1 Å². The second-order valence-electron chi connectivity index (χ2n) is 7.37. The molecule has 5 rings (SSSR count). The molecule has 2 aromatic heterocycles. The molecule has 0 unspecified atom stereocenters. The highest BCUT2D eigenvalue weighted by molar-refractivity contribution is 5.91. The molecule has 5 aromatic rings. The van der Waals surface area contributed by atoms with Gasteiger partial charge in [0, 0.05) is 22.8 Å². The van der Waals surface area contributed by atoms with Crippen LogP contribution in [0.1, 0.15) is 5.56 Å². The smallest absolute Gasteiger partial charge is 0.259 e. The van der Waals surface area contributed by atoms with Crippen LogP contribution >= 0.6 is 0 Å². The number of hydrazone groups is 1. The Kier molecular flexibility index (Phi) is 5.67. The molecular weight excluding hydrogens is 414 g/mol. The number of para-hydroxylation sites is 3. The van der Waals surface area contributed by atoms with E-state index in [1.807, 2.05) is 97.2 Å². The highest BCUT2D eigenvalue weighted by atomic mass is 16.3. The summed E-state index contributed by atoms with van der Waals surface area (Å²) in [6, 6.07) is 29.1. The van der Waals surface area contributed by atoms with E-state index in [0.717, 1.165) is 22.3 Å². The SMILES string of the molecule is O=C(CNc1ccccc1)N/N=C/c1cn(-c2ccccc2)nc1-c1cc2ccccc2o1. The van der Waals surface area contributed by atoms with E-state index in [1.165, 1.54) is 0 Å². The molecule has 0 aliphatic carbocycles. The van der Waals surface area contributed by atoms with Crippen molar-refractivity contribution in [3.8, 4) is 17.1 Å². The zero-order valence-corrected chi connectivity index (χ0v) is 17.7. The number of fused-ring (bicyclic) bond motifs is 1. The Morgan fingerprint density at radius 1 is 0.970 bits per heavy atom. The third-order valence-electron chi connectivity index (χ3n) is 5.04. The number of rotatable bonds is 7. The molecule has 33 heavy (non-hydrogen) atoms. The minimum atomic E-state index is -0.254. The maximum atomic E-state index is 12.2. The predicted octanol–water partition coefficient (Wildman–Crippen LogP) is 4.85. The molecule has 0 aliphatic heterocycles.